The summed E-state index contributed by atoms with van der Waals surface area (Å²) in [6.07, 6.45) is 2.27. The molecule has 0 aliphatic carbocycles. The number of halogens is 1. The predicted octanol–water partition coefficient (Wildman–Crippen LogP) is 3.69. The maximum absolute atomic E-state index is 11.9. The molecule has 1 amide bonds. The van der Waals surface area contributed by atoms with E-state index < -0.39 is 0 Å². The monoisotopic (exact) mass is 296 g/mol. The zero-order valence-electron chi connectivity index (χ0n) is 12.6. The first-order valence-electron chi connectivity index (χ1n) is 7.31. The SMILES string of the molecule is CCC(NC(=O)CCCNC(C)C)c1cccc(Cl)c1. The molecule has 0 radical (unpaired) electrons. The van der Waals surface area contributed by atoms with Crippen LogP contribution in [0.1, 0.15) is 51.6 Å². The Morgan fingerprint density at radius 2 is 2.10 bits per heavy atom. The van der Waals surface area contributed by atoms with Gasteiger partial charge in [0, 0.05) is 17.5 Å². The zero-order chi connectivity index (χ0) is 15.0. The largest absolute Gasteiger partial charge is 0.349 e. The minimum Gasteiger partial charge on any atom is -0.349 e. The smallest absolute Gasteiger partial charge is 0.220 e. The number of rotatable bonds is 8. The highest BCUT2D eigenvalue weighted by atomic mass is 35.5. The van der Waals surface area contributed by atoms with Crippen LogP contribution in [0.4, 0.5) is 0 Å². The molecular weight excluding hydrogens is 272 g/mol. The molecular formula is C16H25ClN2O. The van der Waals surface area contributed by atoms with Crippen LogP contribution in [0, 0.1) is 0 Å². The summed E-state index contributed by atoms with van der Waals surface area (Å²) in [6, 6.07) is 8.18. The first-order valence-corrected chi connectivity index (χ1v) is 7.69. The van der Waals surface area contributed by atoms with E-state index >= 15 is 0 Å². The summed E-state index contributed by atoms with van der Waals surface area (Å²) in [6.45, 7) is 7.14. The molecule has 0 fully saturated rings. The van der Waals surface area contributed by atoms with Gasteiger partial charge in [-0.05, 0) is 37.1 Å². The van der Waals surface area contributed by atoms with Crippen molar-refractivity contribution in [1.29, 1.82) is 0 Å². The van der Waals surface area contributed by atoms with E-state index in [9.17, 15) is 4.79 Å². The van der Waals surface area contributed by atoms with Gasteiger partial charge in [-0.2, -0.15) is 0 Å². The van der Waals surface area contributed by atoms with Gasteiger partial charge in [0.25, 0.3) is 0 Å². The van der Waals surface area contributed by atoms with Crippen molar-refractivity contribution in [2.24, 2.45) is 0 Å². The minimum absolute atomic E-state index is 0.0410. The molecule has 2 N–H and O–H groups in total. The average Bonchev–Trinajstić information content (AvgIpc) is 2.40. The molecule has 0 aromatic heterocycles. The van der Waals surface area contributed by atoms with E-state index in [1.165, 1.54) is 0 Å². The summed E-state index contributed by atoms with van der Waals surface area (Å²) in [5.74, 6) is 0.0994. The van der Waals surface area contributed by atoms with Crippen LogP contribution in [0.15, 0.2) is 24.3 Å². The maximum atomic E-state index is 11.9. The summed E-state index contributed by atoms with van der Waals surface area (Å²) in [5, 5.41) is 7.09. The third-order valence-corrected chi connectivity index (χ3v) is 3.36. The van der Waals surface area contributed by atoms with Crippen LogP contribution in [0.5, 0.6) is 0 Å². The molecule has 1 aromatic carbocycles. The van der Waals surface area contributed by atoms with Gasteiger partial charge in [-0.25, -0.2) is 0 Å². The summed E-state index contributed by atoms with van der Waals surface area (Å²) in [5.41, 5.74) is 1.06. The van der Waals surface area contributed by atoms with Crippen molar-refractivity contribution in [1.82, 2.24) is 10.6 Å². The summed E-state index contributed by atoms with van der Waals surface area (Å²) in [4.78, 5) is 11.9. The van der Waals surface area contributed by atoms with E-state index in [4.69, 9.17) is 11.6 Å². The number of carbonyl (C=O) groups excluding carboxylic acids is 1. The number of nitrogens with one attached hydrogen (secondary N) is 2. The van der Waals surface area contributed by atoms with Gasteiger partial charge in [0.2, 0.25) is 5.91 Å². The van der Waals surface area contributed by atoms with E-state index in [-0.39, 0.29) is 11.9 Å². The molecule has 0 aliphatic heterocycles. The number of benzene rings is 1. The molecule has 1 atom stereocenters. The Kier molecular flexibility index (Phi) is 7.63. The highest BCUT2D eigenvalue weighted by molar-refractivity contribution is 6.30. The fourth-order valence-corrected chi connectivity index (χ4v) is 2.25. The Hall–Kier alpha value is -1.06. The van der Waals surface area contributed by atoms with Gasteiger partial charge in [0.15, 0.2) is 0 Å². The second-order valence-electron chi connectivity index (χ2n) is 5.30. The fraction of sp³-hybridized carbons (Fsp3) is 0.562. The average molecular weight is 297 g/mol. The van der Waals surface area contributed by atoms with Crippen molar-refractivity contribution >= 4 is 17.5 Å². The first-order chi connectivity index (χ1) is 9.52. The van der Waals surface area contributed by atoms with Gasteiger partial charge in [-0.15, -0.1) is 0 Å². The highest BCUT2D eigenvalue weighted by Crippen LogP contribution is 2.20. The Labute approximate surface area is 127 Å². The van der Waals surface area contributed by atoms with Crippen molar-refractivity contribution in [2.75, 3.05) is 6.54 Å². The molecule has 1 aromatic rings. The van der Waals surface area contributed by atoms with Gasteiger partial charge in [-0.3, -0.25) is 4.79 Å². The summed E-state index contributed by atoms with van der Waals surface area (Å²) in [7, 11) is 0. The van der Waals surface area contributed by atoms with Crippen LogP contribution < -0.4 is 10.6 Å². The van der Waals surface area contributed by atoms with E-state index in [0.29, 0.717) is 17.5 Å². The standard InChI is InChI=1S/C16H25ClN2O/c1-4-15(13-7-5-8-14(17)11-13)19-16(20)9-6-10-18-12(2)3/h5,7-8,11-12,15,18H,4,6,9-10H2,1-3H3,(H,19,20). The molecule has 0 saturated heterocycles. The van der Waals surface area contributed by atoms with E-state index in [0.717, 1.165) is 24.9 Å². The summed E-state index contributed by atoms with van der Waals surface area (Å²) < 4.78 is 0. The second-order valence-corrected chi connectivity index (χ2v) is 5.73. The van der Waals surface area contributed by atoms with Gasteiger partial charge in [0.1, 0.15) is 0 Å². The topological polar surface area (TPSA) is 41.1 Å². The lowest BCUT2D eigenvalue weighted by atomic mass is 10.0. The van der Waals surface area contributed by atoms with E-state index in [2.05, 4.69) is 31.4 Å². The molecule has 1 rings (SSSR count). The van der Waals surface area contributed by atoms with Crippen molar-refractivity contribution in [3.8, 4) is 0 Å². The van der Waals surface area contributed by atoms with Crippen LogP contribution in [0.25, 0.3) is 0 Å². The van der Waals surface area contributed by atoms with Crippen LogP contribution in [0.3, 0.4) is 0 Å². The molecule has 0 aliphatic rings. The Morgan fingerprint density at radius 1 is 1.35 bits per heavy atom. The Bertz CT molecular complexity index is 421. The highest BCUT2D eigenvalue weighted by Gasteiger charge is 2.12. The molecule has 0 spiro atoms. The van der Waals surface area contributed by atoms with Crippen molar-refractivity contribution < 1.29 is 4.79 Å². The number of amides is 1. The third kappa shape index (κ3) is 6.40. The van der Waals surface area contributed by atoms with Gasteiger partial charge >= 0.3 is 0 Å². The lowest BCUT2D eigenvalue weighted by Crippen LogP contribution is -2.29. The van der Waals surface area contributed by atoms with E-state index in [1.807, 2.05) is 24.3 Å². The Morgan fingerprint density at radius 3 is 2.70 bits per heavy atom. The van der Waals surface area contributed by atoms with Crippen LogP contribution in [0.2, 0.25) is 5.02 Å². The Balaban J connectivity index is 2.42. The van der Waals surface area contributed by atoms with Crippen molar-refractivity contribution in [2.45, 2.75) is 52.1 Å². The summed E-state index contributed by atoms with van der Waals surface area (Å²) >= 11 is 5.99. The molecule has 0 heterocycles. The normalized spacial score (nSPS) is 12.4. The third-order valence-electron chi connectivity index (χ3n) is 3.13. The minimum atomic E-state index is 0.0410. The van der Waals surface area contributed by atoms with E-state index in [1.54, 1.807) is 0 Å². The quantitative estimate of drug-likeness (QED) is 0.718. The van der Waals surface area contributed by atoms with Crippen molar-refractivity contribution in [3.05, 3.63) is 34.9 Å². The molecule has 0 saturated carbocycles. The second kappa shape index (κ2) is 8.98. The lowest BCUT2D eigenvalue weighted by Gasteiger charge is -2.18. The molecule has 0 bridgehead atoms. The fourth-order valence-electron chi connectivity index (χ4n) is 2.05. The van der Waals surface area contributed by atoms with Gasteiger partial charge < -0.3 is 10.6 Å². The maximum Gasteiger partial charge on any atom is 0.220 e. The van der Waals surface area contributed by atoms with Gasteiger partial charge in [0.05, 0.1) is 6.04 Å². The van der Waals surface area contributed by atoms with Gasteiger partial charge in [-0.1, -0.05) is 44.5 Å². The molecule has 3 nitrogen and oxygen atoms in total. The number of hydrogen-bond donors (Lipinski definition) is 2. The molecule has 1 unspecified atom stereocenters. The molecule has 112 valence electrons. The first kappa shape index (κ1) is 17.0. The molecule has 4 heteroatoms. The van der Waals surface area contributed by atoms with Crippen LogP contribution in [-0.4, -0.2) is 18.5 Å². The lowest BCUT2D eigenvalue weighted by molar-refractivity contribution is -0.122. The van der Waals surface area contributed by atoms with Crippen LogP contribution in [-0.2, 0) is 4.79 Å². The van der Waals surface area contributed by atoms with Crippen LogP contribution >= 0.6 is 11.6 Å². The predicted molar refractivity (Wildman–Crippen MR) is 85.0 cm³/mol. The number of carbonyl (C=O) groups is 1. The zero-order valence-corrected chi connectivity index (χ0v) is 13.3. The molecule has 20 heavy (non-hydrogen) atoms. The van der Waals surface area contributed by atoms with Crippen molar-refractivity contribution in [3.63, 3.8) is 0 Å². The number of hydrogen-bond acceptors (Lipinski definition) is 2.